The average Bonchev–Trinajstić information content (AvgIpc) is 2.43. The first-order valence-corrected chi connectivity index (χ1v) is 7.41. The molecule has 1 aromatic rings. The molecule has 1 N–H and O–H groups in total. The largest absolute Gasteiger partial charge is 0.475 e. The Morgan fingerprint density at radius 1 is 1.24 bits per heavy atom. The molecule has 0 spiro atoms. The number of piperidine rings is 1. The van der Waals surface area contributed by atoms with Gasteiger partial charge in [-0.3, -0.25) is 10.2 Å². The molecule has 1 atom stereocenters. The summed E-state index contributed by atoms with van der Waals surface area (Å²) >= 11 is 6.12. The second-order valence-electron chi connectivity index (χ2n) is 5.14. The third-order valence-electron chi connectivity index (χ3n) is 3.58. The van der Waals surface area contributed by atoms with E-state index in [2.05, 4.69) is 10.2 Å². The minimum atomic E-state index is 0. The highest BCUT2D eigenvalue weighted by atomic mass is 35.5. The maximum absolute atomic E-state index is 6.12. The van der Waals surface area contributed by atoms with Gasteiger partial charge in [0.05, 0.1) is 0 Å². The third-order valence-corrected chi connectivity index (χ3v) is 3.81. The Bertz CT molecular complexity index is 412. The van der Waals surface area contributed by atoms with Crippen molar-refractivity contribution in [3.8, 4) is 5.75 Å². The summed E-state index contributed by atoms with van der Waals surface area (Å²) in [4.78, 5) is 2.48. The Labute approximate surface area is 145 Å². The van der Waals surface area contributed by atoms with Crippen molar-refractivity contribution in [2.45, 2.75) is 39.0 Å². The number of halogens is 3. The molecule has 21 heavy (non-hydrogen) atoms. The summed E-state index contributed by atoms with van der Waals surface area (Å²) in [7, 11) is 1.89. The molecule has 1 fully saturated rings. The Morgan fingerprint density at radius 3 is 2.52 bits per heavy atom. The molecule has 0 bridgehead atoms. The van der Waals surface area contributed by atoms with E-state index >= 15 is 0 Å². The summed E-state index contributed by atoms with van der Waals surface area (Å²) in [5.74, 6) is 0.928. The van der Waals surface area contributed by atoms with Crippen LogP contribution in [0.15, 0.2) is 18.2 Å². The van der Waals surface area contributed by atoms with Crippen molar-refractivity contribution in [1.82, 2.24) is 10.2 Å². The van der Waals surface area contributed by atoms with Gasteiger partial charge in [-0.05, 0) is 58.1 Å². The van der Waals surface area contributed by atoms with E-state index in [-0.39, 0.29) is 31.0 Å². The first kappa shape index (κ1) is 20.8. The predicted molar refractivity (Wildman–Crippen MR) is 94.2 cm³/mol. The van der Waals surface area contributed by atoms with Gasteiger partial charge in [-0.15, -0.1) is 24.8 Å². The number of rotatable bonds is 5. The molecule has 1 unspecified atom stereocenters. The summed E-state index contributed by atoms with van der Waals surface area (Å²) in [6.07, 6.45) is 3.95. The summed E-state index contributed by atoms with van der Waals surface area (Å²) in [6, 6.07) is 5.88. The van der Waals surface area contributed by atoms with Crippen LogP contribution in [0, 0.1) is 0 Å². The van der Waals surface area contributed by atoms with E-state index in [1.54, 1.807) is 0 Å². The van der Waals surface area contributed by atoms with Gasteiger partial charge in [0, 0.05) is 17.1 Å². The van der Waals surface area contributed by atoms with Gasteiger partial charge in [0.25, 0.3) is 0 Å². The fourth-order valence-electron chi connectivity index (χ4n) is 2.39. The number of ether oxygens (including phenoxy) is 1. The molecular weight excluding hydrogens is 331 g/mol. The average molecular weight is 356 g/mol. The van der Waals surface area contributed by atoms with Crippen LogP contribution in [0.1, 0.15) is 31.7 Å². The zero-order valence-electron chi connectivity index (χ0n) is 12.6. The number of nitrogens with one attached hydrogen (secondary N) is 1. The molecule has 1 aliphatic heterocycles. The van der Waals surface area contributed by atoms with E-state index in [9.17, 15) is 0 Å². The van der Waals surface area contributed by atoms with E-state index in [1.807, 2.05) is 32.2 Å². The van der Waals surface area contributed by atoms with E-state index in [4.69, 9.17) is 16.3 Å². The SMILES string of the molecule is CNC(C)Oc1ccc(Cl)cc1CN1CCCCC1.Cl.Cl. The first-order chi connectivity index (χ1) is 9.19. The summed E-state index contributed by atoms with van der Waals surface area (Å²) < 4.78 is 5.89. The Kier molecular flexibility index (Phi) is 10.4. The lowest BCUT2D eigenvalue weighted by Gasteiger charge is -2.27. The molecule has 0 saturated carbocycles. The maximum Gasteiger partial charge on any atom is 0.147 e. The fraction of sp³-hybridized carbons (Fsp3) is 0.600. The van der Waals surface area contributed by atoms with Gasteiger partial charge < -0.3 is 4.74 Å². The second kappa shape index (κ2) is 10.5. The molecule has 1 aliphatic rings. The van der Waals surface area contributed by atoms with Crippen molar-refractivity contribution in [3.63, 3.8) is 0 Å². The highest BCUT2D eigenvalue weighted by Gasteiger charge is 2.14. The topological polar surface area (TPSA) is 24.5 Å². The molecule has 0 aliphatic carbocycles. The number of hydrogen-bond donors (Lipinski definition) is 1. The van der Waals surface area contributed by atoms with Crippen LogP contribution in [0.3, 0.4) is 0 Å². The van der Waals surface area contributed by atoms with Crippen molar-refractivity contribution in [2.24, 2.45) is 0 Å². The molecule has 0 amide bonds. The molecule has 1 aromatic carbocycles. The Hall–Kier alpha value is -0.190. The molecule has 6 heteroatoms. The second-order valence-corrected chi connectivity index (χ2v) is 5.57. The van der Waals surface area contributed by atoms with E-state index in [0.717, 1.165) is 17.3 Å². The van der Waals surface area contributed by atoms with Crippen LogP contribution in [0.25, 0.3) is 0 Å². The van der Waals surface area contributed by atoms with Gasteiger partial charge in [-0.25, -0.2) is 0 Å². The number of benzene rings is 1. The van der Waals surface area contributed by atoms with Crippen LogP contribution in [0.5, 0.6) is 5.75 Å². The highest BCUT2D eigenvalue weighted by molar-refractivity contribution is 6.30. The van der Waals surface area contributed by atoms with Crippen molar-refractivity contribution in [3.05, 3.63) is 28.8 Å². The highest BCUT2D eigenvalue weighted by Crippen LogP contribution is 2.26. The molecule has 0 radical (unpaired) electrons. The van der Waals surface area contributed by atoms with Crippen LogP contribution in [0.4, 0.5) is 0 Å². The van der Waals surface area contributed by atoms with Crippen molar-refractivity contribution in [1.29, 1.82) is 0 Å². The van der Waals surface area contributed by atoms with Crippen LogP contribution in [0.2, 0.25) is 5.02 Å². The Balaban J connectivity index is 0.00000200. The summed E-state index contributed by atoms with van der Waals surface area (Å²) in [5, 5.41) is 3.86. The van der Waals surface area contributed by atoms with Gasteiger partial charge >= 0.3 is 0 Å². The lowest BCUT2D eigenvalue weighted by atomic mass is 10.1. The number of nitrogens with zero attached hydrogens (tertiary/aromatic N) is 1. The van der Waals surface area contributed by atoms with Gasteiger partial charge in [-0.2, -0.15) is 0 Å². The Morgan fingerprint density at radius 2 is 1.90 bits per heavy atom. The number of hydrogen-bond acceptors (Lipinski definition) is 3. The summed E-state index contributed by atoms with van der Waals surface area (Å²) in [6.45, 7) is 5.27. The predicted octanol–water partition coefficient (Wildman–Crippen LogP) is 4.11. The normalized spacial score (nSPS) is 16.5. The van der Waals surface area contributed by atoms with Crippen LogP contribution < -0.4 is 10.1 Å². The standard InChI is InChI=1S/C15H23ClN2O.2ClH/c1-12(17-2)19-15-7-6-14(16)10-13(15)11-18-8-4-3-5-9-18;;/h6-7,10,12,17H,3-5,8-9,11H2,1-2H3;2*1H. The monoisotopic (exact) mass is 354 g/mol. The quantitative estimate of drug-likeness (QED) is 0.804. The van der Waals surface area contributed by atoms with Gasteiger partial charge in [0.15, 0.2) is 0 Å². The van der Waals surface area contributed by atoms with E-state index in [0.29, 0.717) is 0 Å². The van der Waals surface area contributed by atoms with Crippen molar-refractivity contribution < 1.29 is 4.74 Å². The molecule has 3 nitrogen and oxygen atoms in total. The molecular formula is C15H25Cl3N2O. The van der Waals surface area contributed by atoms with Crippen LogP contribution in [-0.2, 0) is 6.54 Å². The summed E-state index contributed by atoms with van der Waals surface area (Å²) in [5.41, 5.74) is 1.18. The number of likely N-dealkylation sites (tertiary alicyclic amines) is 1. The van der Waals surface area contributed by atoms with Gasteiger partial charge in [-0.1, -0.05) is 18.0 Å². The van der Waals surface area contributed by atoms with Gasteiger partial charge in [0.1, 0.15) is 12.0 Å². The van der Waals surface area contributed by atoms with Gasteiger partial charge in [0.2, 0.25) is 0 Å². The van der Waals surface area contributed by atoms with Crippen LogP contribution in [-0.4, -0.2) is 31.3 Å². The van der Waals surface area contributed by atoms with Crippen LogP contribution >= 0.6 is 36.4 Å². The molecule has 0 aromatic heterocycles. The lowest BCUT2D eigenvalue weighted by Crippen LogP contribution is -2.31. The first-order valence-electron chi connectivity index (χ1n) is 7.04. The maximum atomic E-state index is 6.12. The third kappa shape index (κ3) is 6.62. The zero-order chi connectivity index (χ0) is 13.7. The fourth-order valence-corrected chi connectivity index (χ4v) is 2.59. The molecule has 1 heterocycles. The molecule has 1 saturated heterocycles. The smallest absolute Gasteiger partial charge is 0.147 e. The van der Waals surface area contributed by atoms with Crippen molar-refractivity contribution in [2.75, 3.05) is 20.1 Å². The zero-order valence-corrected chi connectivity index (χ0v) is 15.0. The van der Waals surface area contributed by atoms with Crippen molar-refractivity contribution >= 4 is 36.4 Å². The minimum Gasteiger partial charge on any atom is -0.475 e. The lowest BCUT2D eigenvalue weighted by molar-refractivity contribution is 0.182. The molecule has 2 rings (SSSR count). The van der Waals surface area contributed by atoms with E-state index < -0.39 is 0 Å². The minimum absolute atomic E-state index is 0. The molecule has 122 valence electrons. The van der Waals surface area contributed by atoms with E-state index in [1.165, 1.54) is 37.9 Å².